The van der Waals surface area contributed by atoms with Crippen LogP contribution in [0, 0.1) is 0 Å². The van der Waals surface area contributed by atoms with Gasteiger partial charge in [0.25, 0.3) is 0 Å². The lowest BCUT2D eigenvalue weighted by molar-refractivity contribution is -0.120. The van der Waals surface area contributed by atoms with Crippen LogP contribution in [0.15, 0.2) is 24.5 Å². The number of aromatic nitrogens is 1. The molecule has 0 aliphatic heterocycles. The molecule has 1 aliphatic rings. The summed E-state index contributed by atoms with van der Waals surface area (Å²) < 4.78 is 0. The zero-order chi connectivity index (χ0) is 13.7. The molecule has 0 aromatic carbocycles. The Bertz CT molecular complexity index is 413. The second-order valence-corrected chi connectivity index (χ2v) is 5.43. The van der Waals surface area contributed by atoms with Crippen LogP contribution in [-0.4, -0.2) is 30.5 Å². The molecule has 4 nitrogen and oxygen atoms in total. The molecule has 2 rings (SSSR count). The van der Waals surface area contributed by atoms with E-state index in [4.69, 9.17) is 0 Å². The highest BCUT2D eigenvalue weighted by atomic mass is 16.2. The monoisotopic (exact) mass is 261 g/mol. The molecule has 0 spiro atoms. The maximum atomic E-state index is 12.4. The predicted octanol–water partition coefficient (Wildman–Crippen LogP) is 2.36. The molecule has 0 atom stereocenters. The fourth-order valence-electron chi connectivity index (χ4n) is 2.85. The maximum Gasteiger partial charge on any atom is 0.228 e. The Morgan fingerprint density at radius 3 is 2.74 bits per heavy atom. The van der Waals surface area contributed by atoms with Gasteiger partial charge in [0, 0.05) is 25.2 Å². The number of hydrogen-bond acceptors (Lipinski definition) is 3. The minimum atomic E-state index is -0.00813. The van der Waals surface area contributed by atoms with Crippen molar-refractivity contribution in [1.82, 2.24) is 10.3 Å². The Morgan fingerprint density at radius 1 is 1.42 bits per heavy atom. The van der Waals surface area contributed by atoms with Crippen LogP contribution in [-0.2, 0) is 4.79 Å². The first-order valence-corrected chi connectivity index (χ1v) is 7.02. The minimum Gasteiger partial charge on any atom is -0.314 e. The van der Waals surface area contributed by atoms with Gasteiger partial charge in [0.2, 0.25) is 5.91 Å². The van der Waals surface area contributed by atoms with Crippen LogP contribution >= 0.6 is 0 Å². The molecule has 104 valence electrons. The lowest BCUT2D eigenvalue weighted by Gasteiger charge is -2.37. The third kappa shape index (κ3) is 3.32. The van der Waals surface area contributed by atoms with Crippen LogP contribution in [0.4, 0.5) is 5.69 Å². The van der Waals surface area contributed by atoms with Gasteiger partial charge in [-0.05, 0) is 32.0 Å². The standard InChI is InChI=1S/C15H23N3O/c1-16-15(8-4-3-5-9-15)11-14(19)18(2)13-7-6-10-17-12-13/h6-7,10,12,16H,3-5,8-9,11H2,1-2H3. The molecule has 0 unspecified atom stereocenters. The van der Waals surface area contributed by atoms with E-state index >= 15 is 0 Å². The Labute approximate surface area is 115 Å². The number of carbonyl (C=O) groups excluding carboxylic acids is 1. The summed E-state index contributed by atoms with van der Waals surface area (Å²) in [5.74, 6) is 0.157. The Balaban J connectivity index is 2.03. The summed E-state index contributed by atoms with van der Waals surface area (Å²) in [5.41, 5.74) is 0.848. The van der Waals surface area contributed by atoms with E-state index in [1.54, 1.807) is 17.3 Å². The van der Waals surface area contributed by atoms with Crippen molar-refractivity contribution in [2.75, 3.05) is 19.0 Å². The second-order valence-electron chi connectivity index (χ2n) is 5.43. The number of anilines is 1. The molecular formula is C15H23N3O. The fraction of sp³-hybridized carbons (Fsp3) is 0.600. The van der Waals surface area contributed by atoms with E-state index in [-0.39, 0.29) is 11.4 Å². The first kappa shape index (κ1) is 14.0. The van der Waals surface area contributed by atoms with Crippen molar-refractivity contribution >= 4 is 11.6 Å². The molecule has 0 bridgehead atoms. The summed E-state index contributed by atoms with van der Waals surface area (Å²) in [6.45, 7) is 0. The van der Waals surface area contributed by atoms with Crippen LogP contribution in [0.3, 0.4) is 0 Å². The molecule has 1 aromatic heterocycles. The molecule has 1 amide bonds. The van der Waals surface area contributed by atoms with Gasteiger partial charge in [-0.2, -0.15) is 0 Å². The Hall–Kier alpha value is -1.42. The summed E-state index contributed by atoms with van der Waals surface area (Å²) in [4.78, 5) is 18.2. The minimum absolute atomic E-state index is 0.00813. The number of hydrogen-bond donors (Lipinski definition) is 1. The van der Waals surface area contributed by atoms with Gasteiger partial charge < -0.3 is 10.2 Å². The molecule has 19 heavy (non-hydrogen) atoms. The van der Waals surface area contributed by atoms with Crippen molar-refractivity contribution in [3.63, 3.8) is 0 Å². The molecule has 1 saturated carbocycles. The number of amides is 1. The molecule has 1 aromatic rings. The lowest BCUT2D eigenvalue weighted by atomic mass is 9.79. The van der Waals surface area contributed by atoms with Gasteiger partial charge in [-0.15, -0.1) is 0 Å². The molecular weight excluding hydrogens is 238 g/mol. The first-order valence-electron chi connectivity index (χ1n) is 7.02. The maximum absolute atomic E-state index is 12.4. The summed E-state index contributed by atoms with van der Waals surface area (Å²) in [7, 11) is 3.80. The summed E-state index contributed by atoms with van der Waals surface area (Å²) in [5, 5.41) is 3.39. The quantitative estimate of drug-likeness (QED) is 0.905. The van der Waals surface area contributed by atoms with Crippen molar-refractivity contribution in [3.05, 3.63) is 24.5 Å². The van der Waals surface area contributed by atoms with Crippen LogP contribution < -0.4 is 10.2 Å². The van der Waals surface area contributed by atoms with Crippen LogP contribution in [0.2, 0.25) is 0 Å². The van der Waals surface area contributed by atoms with Gasteiger partial charge in [-0.1, -0.05) is 19.3 Å². The van der Waals surface area contributed by atoms with Crippen LogP contribution in [0.1, 0.15) is 38.5 Å². The largest absolute Gasteiger partial charge is 0.314 e. The highest BCUT2D eigenvalue weighted by Crippen LogP contribution is 2.31. The van der Waals surface area contributed by atoms with Crippen LogP contribution in [0.25, 0.3) is 0 Å². The van der Waals surface area contributed by atoms with Crippen molar-refractivity contribution in [3.8, 4) is 0 Å². The second kappa shape index (κ2) is 6.15. The smallest absolute Gasteiger partial charge is 0.228 e. The van der Waals surface area contributed by atoms with Gasteiger partial charge in [0.1, 0.15) is 0 Å². The number of nitrogens with zero attached hydrogens (tertiary/aromatic N) is 2. The van der Waals surface area contributed by atoms with Crippen molar-refractivity contribution in [2.45, 2.75) is 44.1 Å². The normalized spacial score (nSPS) is 18.0. The van der Waals surface area contributed by atoms with E-state index in [2.05, 4.69) is 10.3 Å². The van der Waals surface area contributed by atoms with Gasteiger partial charge in [0.05, 0.1) is 11.9 Å². The van der Waals surface area contributed by atoms with E-state index in [1.165, 1.54) is 19.3 Å². The van der Waals surface area contributed by atoms with Crippen molar-refractivity contribution < 1.29 is 4.79 Å². The average molecular weight is 261 g/mol. The highest BCUT2D eigenvalue weighted by molar-refractivity contribution is 5.93. The molecule has 4 heteroatoms. The summed E-state index contributed by atoms with van der Waals surface area (Å²) in [6, 6.07) is 3.77. The topological polar surface area (TPSA) is 45.2 Å². The molecule has 1 N–H and O–H groups in total. The average Bonchev–Trinajstić information content (AvgIpc) is 2.48. The van der Waals surface area contributed by atoms with E-state index in [9.17, 15) is 4.79 Å². The SMILES string of the molecule is CNC1(CC(=O)N(C)c2cccnc2)CCCCC1. The first-order chi connectivity index (χ1) is 9.17. The zero-order valence-electron chi connectivity index (χ0n) is 11.9. The van der Waals surface area contributed by atoms with E-state index in [1.807, 2.05) is 26.2 Å². The van der Waals surface area contributed by atoms with E-state index < -0.39 is 0 Å². The van der Waals surface area contributed by atoms with Crippen molar-refractivity contribution in [2.24, 2.45) is 0 Å². The Kier molecular flexibility index (Phi) is 4.53. The zero-order valence-corrected chi connectivity index (χ0v) is 11.9. The fourth-order valence-corrected chi connectivity index (χ4v) is 2.85. The molecule has 1 aliphatic carbocycles. The van der Waals surface area contributed by atoms with Crippen LogP contribution in [0.5, 0.6) is 0 Å². The predicted molar refractivity (Wildman–Crippen MR) is 77.1 cm³/mol. The number of carbonyl (C=O) groups is 1. The molecule has 0 saturated heterocycles. The number of pyridine rings is 1. The molecule has 1 fully saturated rings. The number of rotatable bonds is 4. The van der Waals surface area contributed by atoms with Gasteiger partial charge in [-0.3, -0.25) is 9.78 Å². The van der Waals surface area contributed by atoms with Crippen molar-refractivity contribution in [1.29, 1.82) is 0 Å². The lowest BCUT2D eigenvalue weighted by Crippen LogP contribution is -2.48. The van der Waals surface area contributed by atoms with Gasteiger partial charge in [0.15, 0.2) is 0 Å². The third-order valence-corrected chi connectivity index (χ3v) is 4.24. The number of nitrogens with one attached hydrogen (secondary N) is 1. The highest BCUT2D eigenvalue weighted by Gasteiger charge is 2.33. The molecule has 1 heterocycles. The van der Waals surface area contributed by atoms with Gasteiger partial charge >= 0.3 is 0 Å². The summed E-state index contributed by atoms with van der Waals surface area (Å²) >= 11 is 0. The Morgan fingerprint density at radius 2 is 2.16 bits per heavy atom. The van der Waals surface area contributed by atoms with E-state index in [0.717, 1.165) is 18.5 Å². The molecule has 0 radical (unpaired) electrons. The van der Waals surface area contributed by atoms with E-state index in [0.29, 0.717) is 6.42 Å². The third-order valence-electron chi connectivity index (χ3n) is 4.24. The summed E-state index contributed by atoms with van der Waals surface area (Å²) in [6.07, 6.45) is 9.91. The van der Waals surface area contributed by atoms with Gasteiger partial charge in [-0.25, -0.2) is 0 Å².